The van der Waals surface area contributed by atoms with Gasteiger partial charge in [-0.2, -0.15) is 0 Å². The van der Waals surface area contributed by atoms with E-state index < -0.39 is 36.7 Å². The molecule has 0 aromatic heterocycles. The van der Waals surface area contributed by atoms with Crippen LogP contribution in [-0.2, 0) is 14.3 Å². The first kappa shape index (κ1) is 20.9. The standard InChI is InChI=1S/C23H24N2O6/c26-12-19(22(28)29)24-21(27)20-10-5-11-25(20)23(30)31-13-18-16-8-3-1-6-14(16)15-7-2-4-9-17(15)18/h1-4,6-9,18-20,26H,5,10-13H2,(H,24,27)(H,28,29)/t19-,20-/m0/s1. The van der Waals surface area contributed by atoms with Crippen molar-refractivity contribution in [3.05, 3.63) is 59.7 Å². The van der Waals surface area contributed by atoms with E-state index >= 15 is 0 Å². The van der Waals surface area contributed by atoms with Gasteiger partial charge in [0.1, 0.15) is 18.7 Å². The molecule has 1 heterocycles. The third-order valence-electron chi connectivity index (χ3n) is 5.92. The molecule has 4 rings (SSSR count). The second-order valence-corrected chi connectivity index (χ2v) is 7.74. The number of carboxylic acids is 1. The van der Waals surface area contributed by atoms with E-state index in [1.54, 1.807) is 0 Å². The minimum atomic E-state index is -1.41. The highest BCUT2D eigenvalue weighted by Gasteiger charge is 2.37. The van der Waals surface area contributed by atoms with Crippen molar-refractivity contribution in [3.8, 4) is 11.1 Å². The number of carbonyl (C=O) groups is 3. The number of likely N-dealkylation sites (tertiary alicyclic amines) is 1. The molecule has 2 aliphatic rings. The largest absolute Gasteiger partial charge is 0.480 e. The fourth-order valence-electron chi connectivity index (χ4n) is 4.39. The van der Waals surface area contributed by atoms with E-state index in [2.05, 4.69) is 17.4 Å². The van der Waals surface area contributed by atoms with Crippen LogP contribution in [-0.4, -0.2) is 64.9 Å². The van der Waals surface area contributed by atoms with Gasteiger partial charge in [0.2, 0.25) is 5.91 Å². The lowest BCUT2D eigenvalue weighted by Gasteiger charge is -2.25. The molecule has 2 aromatic carbocycles. The molecule has 1 fully saturated rings. The van der Waals surface area contributed by atoms with Crippen LogP contribution < -0.4 is 5.32 Å². The Balaban J connectivity index is 1.44. The molecule has 1 saturated heterocycles. The molecule has 8 heteroatoms. The maximum absolute atomic E-state index is 12.8. The summed E-state index contributed by atoms with van der Waals surface area (Å²) in [4.78, 5) is 37.7. The summed E-state index contributed by atoms with van der Waals surface area (Å²) in [6.45, 7) is -0.226. The average Bonchev–Trinajstić information content (AvgIpc) is 3.39. The Hall–Kier alpha value is -3.39. The number of carboxylic acid groups (broad SMARTS) is 1. The van der Waals surface area contributed by atoms with E-state index in [-0.39, 0.29) is 12.5 Å². The van der Waals surface area contributed by atoms with Crippen LogP contribution in [0.4, 0.5) is 4.79 Å². The SMILES string of the molecule is O=C(O)[C@H](CO)NC(=O)[C@@H]1CCCN1C(=O)OCC1c2ccccc2-c2ccccc21. The predicted molar refractivity (Wildman–Crippen MR) is 111 cm³/mol. The molecular weight excluding hydrogens is 400 g/mol. The summed E-state index contributed by atoms with van der Waals surface area (Å²) in [5.74, 6) is -2.02. The molecule has 162 valence electrons. The molecular formula is C23H24N2O6. The molecule has 0 spiro atoms. The Bertz CT molecular complexity index is 962. The molecule has 0 radical (unpaired) electrons. The maximum atomic E-state index is 12.8. The highest BCUT2D eigenvalue weighted by molar-refractivity contribution is 5.89. The number of rotatable bonds is 6. The molecule has 0 saturated carbocycles. The highest BCUT2D eigenvalue weighted by atomic mass is 16.6. The van der Waals surface area contributed by atoms with Crippen LogP contribution in [0.25, 0.3) is 11.1 Å². The number of aliphatic carboxylic acids is 1. The number of nitrogens with zero attached hydrogens (tertiary/aromatic N) is 1. The lowest BCUT2D eigenvalue weighted by molar-refractivity contribution is -0.143. The molecule has 2 atom stereocenters. The van der Waals surface area contributed by atoms with Gasteiger partial charge in [0.25, 0.3) is 0 Å². The number of aliphatic hydroxyl groups is 1. The Kier molecular flexibility index (Phi) is 5.90. The maximum Gasteiger partial charge on any atom is 0.410 e. The van der Waals surface area contributed by atoms with Crippen molar-refractivity contribution in [3.63, 3.8) is 0 Å². The second kappa shape index (κ2) is 8.77. The third-order valence-corrected chi connectivity index (χ3v) is 5.92. The van der Waals surface area contributed by atoms with Crippen molar-refractivity contribution in [2.45, 2.75) is 30.8 Å². The minimum absolute atomic E-state index is 0.0861. The fourth-order valence-corrected chi connectivity index (χ4v) is 4.39. The lowest BCUT2D eigenvalue weighted by atomic mass is 9.98. The number of nitrogens with one attached hydrogen (secondary N) is 1. The summed E-state index contributed by atoms with van der Waals surface area (Å²) in [7, 11) is 0. The van der Waals surface area contributed by atoms with Gasteiger partial charge >= 0.3 is 12.1 Å². The van der Waals surface area contributed by atoms with E-state index in [0.29, 0.717) is 19.4 Å². The molecule has 0 unspecified atom stereocenters. The van der Waals surface area contributed by atoms with Gasteiger partial charge < -0.3 is 20.3 Å². The van der Waals surface area contributed by atoms with Crippen LogP contribution in [0.5, 0.6) is 0 Å². The summed E-state index contributed by atoms with van der Waals surface area (Å²) < 4.78 is 5.62. The van der Waals surface area contributed by atoms with Gasteiger partial charge in [-0.15, -0.1) is 0 Å². The van der Waals surface area contributed by atoms with Gasteiger partial charge in [-0.1, -0.05) is 48.5 Å². The first-order valence-electron chi connectivity index (χ1n) is 10.3. The molecule has 31 heavy (non-hydrogen) atoms. The molecule has 1 aliphatic carbocycles. The monoisotopic (exact) mass is 424 g/mol. The van der Waals surface area contributed by atoms with Crippen molar-refractivity contribution in [2.24, 2.45) is 0 Å². The van der Waals surface area contributed by atoms with Crippen LogP contribution in [0.3, 0.4) is 0 Å². The smallest absolute Gasteiger partial charge is 0.410 e. The van der Waals surface area contributed by atoms with Crippen molar-refractivity contribution < 1.29 is 29.3 Å². The molecule has 2 amide bonds. The average molecular weight is 424 g/mol. The summed E-state index contributed by atoms with van der Waals surface area (Å²) in [6.07, 6.45) is 0.419. The number of carbonyl (C=O) groups excluding carboxylic acids is 2. The molecule has 0 bridgehead atoms. The van der Waals surface area contributed by atoms with E-state index in [9.17, 15) is 14.4 Å². The van der Waals surface area contributed by atoms with Crippen molar-refractivity contribution in [1.82, 2.24) is 10.2 Å². The van der Waals surface area contributed by atoms with Gasteiger partial charge in [0.05, 0.1) is 6.61 Å². The number of amides is 2. The molecule has 8 nitrogen and oxygen atoms in total. The predicted octanol–water partition coefficient (Wildman–Crippen LogP) is 1.96. The van der Waals surface area contributed by atoms with E-state index in [0.717, 1.165) is 22.3 Å². The van der Waals surface area contributed by atoms with Gasteiger partial charge in [-0.3, -0.25) is 9.69 Å². The number of hydrogen-bond acceptors (Lipinski definition) is 5. The fraction of sp³-hybridized carbons (Fsp3) is 0.348. The molecule has 3 N–H and O–H groups in total. The number of hydrogen-bond donors (Lipinski definition) is 3. The third kappa shape index (κ3) is 3.98. The van der Waals surface area contributed by atoms with Gasteiger partial charge in [0.15, 0.2) is 0 Å². The van der Waals surface area contributed by atoms with Crippen molar-refractivity contribution in [1.29, 1.82) is 0 Å². The number of ether oxygens (including phenoxy) is 1. The first-order valence-corrected chi connectivity index (χ1v) is 10.3. The lowest BCUT2D eigenvalue weighted by Crippen LogP contribution is -2.52. The highest BCUT2D eigenvalue weighted by Crippen LogP contribution is 2.44. The summed E-state index contributed by atoms with van der Waals surface area (Å²) in [6, 6.07) is 13.8. The van der Waals surface area contributed by atoms with Crippen LogP contribution in [0.15, 0.2) is 48.5 Å². The normalized spacial score (nSPS) is 18.2. The number of benzene rings is 2. The van der Waals surface area contributed by atoms with Gasteiger partial charge in [-0.05, 0) is 35.1 Å². The summed E-state index contributed by atoms with van der Waals surface area (Å²) in [5, 5.41) is 20.4. The van der Waals surface area contributed by atoms with Crippen molar-refractivity contribution in [2.75, 3.05) is 19.8 Å². The summed E-state index contributed by atoms with van der Waals surface area (Å²) >= 11 is 0. The Labute approximate surface area is 179 Å². The summed E-state index contributed by atoms with van der Waals surface area (Å²) in [5.41, 5.74) is 4.45. The molecule has 2 aromatic rings. The zero-order chi connectivity index (χ0) is 22.0. The second-order valence-electron chi connectivity index (χ2n) is 7.74. The number of fused-ring (bicyclic) bond motifs is 3. The van der Waals surface area contributed by atoms with Gasteiger partial charge in [-0.25, -0.2) is 9.59 Å². The zero-order valence-electron chi connectivity index (χ0n) is 16.9. The van der Waals surface area contributed by atoms with Crippen LogP contribution in [0.1, 0.15) is 29.9 Å². The Morgan fingerprint density at radius 2 is 1.68 bits per heavy atom. The number of aliphatic hydroxyl groups excluding tert-OH is 1. The Morgan fingerprint density at radius 1 is 1.06 bits per heavy atom. The Morgan fingerprint density at radius 3 is 2.26 bits per heavy atom. The van der Waals surface area contributed by atoms with E-state index in [4.69, 9.17) is 14.9 Å². The minimum Gasteiger partial charge on any atom is -0.480 e. The van der Waals surface area contributed by atoms with Crippen LogP contribution in [0, 0.1) is 0 Å². The van der Waals surface area contributed by atoms with Crippen molar-refractivity contribution >= 4 is 18.0 Å². The van der Waals surface area contributed by atoms with Gasteiger partial charge in [0, 0.05) is 12.5 Å². The van der Waals surface area contributed by atoms with Crippen LogP contribution in [0.2, 0.25) is 0 Å². The first-order chi connectivity index (χ1) is 15.0. The van der Waals surface area contributed by atoms with E-state index in [1.807, 2.05) is 36.4 Å². The quantitative estimate of drug-likeness (QED) is 0.653. The van der Waals surface area contributed by atoms with E-state index in [1.165, 1.54) is 4.90 Å². The topological polar surface area (TPSA) is 116 Å². The zero-order valence-corrected chi connectivity index (χ0v) is 16.9. The van der Waals surface area contributed by atoms with Crippen LogP contribution >= 0.6 is 0 Å². The molecule has 1 aliphatic heterocycles.